The molecule has 3 aliphatic rings. The second-order valence-electron chi connectivity index (χ2n) is 8.75. The van der Waals surface area contributed by atoms with E-state index in [4.69, 9.17) is 0 Å². The van der Waals surface area contributed by atoms with Gasteiger partial charge < -0.3 is 10.0 Å². The molecule has 0 aromatic carbocycles. The summed E-state index contributed by atoms with van der Waals surface area (Å²) in [5, 5.41) is 9.50. The molecule has 7 atom stereocenters. The summed E-state index contributed by atoms with van der Waals surface area (Å²) in [5.74, 6) is -1.54. The minimum Gasteiger partial charge on any atom is -0.394 e. The second kappa shape index (κ2) is 7.34. The van der Waals surface area contributed by atoms with Crippen LogP contribution in [0.15, 0.2) is 24.3 Å². The molecule has 5 nitrogen and oxygen atoms in total. The topological polar surface area (TPSA) is 74.7 Å². The van der Waals surface area contributed by atoms with Crippen molar-refractivity contribution in [3.8, 4) is 0 Å². The Labute approximate surface area is 161 Å². The van der Waals surface area contributed by atoms with E-state index in [0.717, 1.165) is 19.3 Å². The number of allylic oxidation sites excluding steroid dienone is 4. The van der Waals surface area contributed by atoms with Gasteiger partial charge in [-0.3, -0.25) is 14.4 Å². The van der Waals surface area contributed by atoms with Crippen LogP contribution >= 0.6 is 0 Å². The van der Waals surface area contributed by atoms with Gasteiger partial charge in [0.15, 0.2) is 17.5 Å². The molecule has 1 amide bonds. The Kier molecular flexibility index (Phi) is 5.44. The lowest BCUT2D eigenvalue weighted by Crippen LogP contribution is -2.52. The number of carbonyl (C=O) groups excluding carboxylic acids is 3. The highest BCUT2D eigenvalue weighted by Crippen LogP contribution is 2.54. The van der Waals surface area contributed by atoms with E-state index in [1.165, 1.54) is 11.9 Å². The third kappa shape index (κ3) is 3.00. The third-order valence-corrected chi connectivity index (χ3v) is 7.23. The maximum Gasteiger partial charge on any atom is 0.241 e. The molecule has 1 N–H and O–H groups in total. The number of nitrogens with zero attached hydrogens (tertiary/aromatic N) is 1. The van der Waals surface area contributed by atoms with Gasteiger partial charge in [-0.1, -0.05) is 44.6 Å². The molecule has 5 heteroatoms. The van der Waals surface area contributed by atoms with Crippen molar-refractivity contribution in [2.75, 3.05) is 13.7 Å². The van der Waals surface area contributed by atoms with Gasteiger partial charge in [0.1, 0.15) is 6.04 Å². The van der Waals surface area contributed by atoms with Crippen molar-refractivity contribution in [3.05, 3.63) is 24.3 Å². The van der Waals surface area contributed by atoms with Crippen molar-refractivity contribution in [2.24, 2.45) is 35.0 Å². The highest BCUT2D eigenvalue weighted by atomic mass is 16.3. The largest absolute Gasteiger partial charge is 0.394 e. The summed E-state index contributed by atoms with van der Waals surface area (Å²) in [6.07, 6.45) is 11.3. The predicted molar refractivity (Wildman–Crippen MR) is 103 cm³/mol. The molecule has 0 radical (unpaired) electrons. The number of likely N-dealkylation sites (tertiary alicyclic amines) is 1. The Balaban J connectivity index is 2.02. The maximum atomic E-state index is 13.8. The maximum absolute atomic E-state index is 13.8. The number of Topliss-reactive ketones (excluding diaryl/α,β-unsaturated/α-hetero) is 2. The molecule has 0 aromatic rings. The van der Waals surface area contributed by atoms with Gasteiger partial charge in [-0.25, -0.2) is 0 Å². The van der Waals surface area contributed by atoms with Crippen LogP contribution < -0.4 is 0 Å². The molecule has 1 heterocycles. The zero-order valence-electron chi connectivity index (χ0n) is 16.7. The van der Waals surface area contributed by atoms with Crippen LogP contribution in [0.2, 0.25) is 0 Å². The predicted octanol–water partition coefficient (Wildman–Crippen LogP) is 2.39. The number of likely N-dealkylation sites (N-methyl/N-ethyl adjacent to an activating group) is 1. The van der Waals surface area contributed by atoms with Gasteiger partial charge in [0.05, 0.1) is 6.61 Å². The minimum absolute atomic E-state index is 0.122. The highest BCUT2D eigenvalue weighted by molar-refractivity contribution is 6.25. The molecule has 0 unspecified atom stereocenters. The van der Waals surface area contributed by atoms with E-state index in [-0.39, 0.29) is 17.6 Å². The lowest BCUT2D eigenvalue weighted by atomic mass is 9.52. The Hall–Kier alpha value is -1.75. The zero-order chi connectivity index (χ0) is 19.9. The number of hydrogen-bond donors (Lipinski definition) is 1. The van der Waals surface area contributed by atoms with Crippen molar-refractivity contribution >= 4 is 17.5 Å². The summed E-state index contributed by atoms with van der Waals surface area (Å²) in [5.41, 5.74) is -0.784. The number of hydrogen-bond acceptors (Lipinski definition) is 4. The van der Waals surface area contributed by atoms with Crippen molar-refractivity contribution in [2.45, 2.75) is 46.1 Å². The molecular weight excluding hydrogens is 342 g/mol. The Bertz CT molecular complexity index is 696. The minimum atomic E-state index is -1.28. The van der Waals surface area contributed by atoms with Crippen LogP contribution in [0.4, 0.5) is 0 Å². The molecule has 27 heavy (non-hydrogen) atoms. The lowest BCUT2D eigenvalue weighted by molar-refractivity contribution is -0.148. The van der Waals surface area contributed by atoms with E-state index in [1.54, 1.807) is 0 Å². The van der Waals surface area contributed by atoms with Crippen molar-refractivity contribution < 1.29 is 19.5 Å². The van der Waals surface area contributed by atoms with Gasteiger partial charge in [0, 0.05) is 18.4 Å². The van der Waals surface area contributed by atoms with E-state index in [1.807, 2.05) is 26.0 Å². The van der Waals surface area contributed by atoms with Gasteiger partial charge in [0.2, 0.25) is 5.91 Å². The molecule has 148 valence electrons. The molecule has 1 aliphatic heterocycles. The molecule has 0 bridgehead atoms. The lowest BCUT2D eigenvalue weighted by Gasteiger charge is -2.50. The van der Waals surface area contributed by atoms with Gasteiger partial charge in [-0.2, -0.15) is 0 Å². The van der Waals surface area contributed by atoms with Crippen LogP contribution in [0, 0.1) is 35.0 Å². The molecule has 0 aromatic heterocycles. The van der Waals surface area contributed by atoms with E-state index in [0.29, 0.717) is 11.8 Å². The number of fused-ring (bicyclic) bond motifs is 1. The molecule has 1 saturated carbocycles. The first kappa shape index (κ1) is 20.0. The second-order valence-corrected chi connectivity index (χ2v) is 8.75. The fourth-order valence-electron chi connectivity index (χ4n) is 5.54. The van der Waals surface area contributed by atoms with Gasteiger partial charge in [0.25, 0.3) is 0 Å². The fourth-order valence-corrected chi connectivity index (χ4v) is 5.54. The third-order valence-electron chi connectivity index (χ3n) is 7.23. The van der Waals surface area contributed by atoms with Crippen molar-refractivity contribution in [1.82, 2.24) is 4.90 Å². The monoisotopic (exact) mass is 373 g/mol. The molecule has 2 aliphatic carbocycles. The number of amides is 1. The zero-order valence-corrected chi connectivity index (χ0v) is 16.7. The first-order valence-corrected chi connectivity index (χ1v) is 10.0. The summed E-state index contributed by atoms with van der Waals surface area (Å²) in [6.45, 7) is 5.68. The molecule has 2 fully saturated rings. The number of aliphatic hydroxyl groups is 1. The van der Waals surface area contributed by atoms with Gasteiger partial charge in [-0.15, -0.1) is 0 Å². The Morgan fingerprint density at radius 2 is 2.04 bits per heavy atom. The van der Waals surface area contributed by atoms with E-state index >= 15 is 0 Å². The number of aliphatic hydroxyl groups excluding tert-OH is 1. The first-order chi connectivity index (χ1) is 12.8. The normalized spacial score (nSPS) is 42.0. The average Bonchev–Trinajstić information content (AvgIpc) is 2.85. The summed E-state index contributed by atoms with van der Waals surface area (Å²) in [6, 6.07) is -0.906. The van der Waals surface area contributed by atoms with Gasteiger partial charge >= 0.3 is 0 Å². The van der Waals surface area contributed by atoms with Crippen LogP contribution in [0.25, 0.3) is 0 Å². The highest BCUT2D eigenvalue weighted by Gasteiger charge is 2.58. The molecule has 0 spiro atoms. The summed E-state index contributed by atoms with van der Waals surface area (Å²) < 4.78 is 0. The van der Waals surface area contributed by atoms with E-state index < -0.39 is 35.7 Å². The average molecular weight is 373 g/mol. The number of carbonyl (C=O) groups is 3. The van der Waals surface area contributed by atoms with E-state index in [2.05, 4.69) is 19.1 Å². The van der Waals surface area contributed by atoms with Crippen LogP contribution in [0.1, 0.15) is 40.0 Å². The van der Waals surface area contributed by atoms with Crippen LogP contribution in [-0.2, 0) is 14.4 Å². The standard InChI is InChI=1S/C22H31NO4/c1-5-6-15-9-8-14-11-13(2)7-10-16(14)22(15,3)20(26)18-19(25)17(12-24)23(4)21(18)27/h5-6,8-9,13-18,24H,7,10-12H2,1-4H3/b6-5+/t13-,14-,15-,16-,17-,18+,22-/m1/s1. The van der Waals surface area contributed by atoms with Crippen molar-refractivity contribution in [1.29, 1.82) is 0 Å². The smallest absolute Gasteiger partial charge is 0.241 e. The number of rotatable bonds is 4. The Morgan fingerprint density at radius 1 is 1.33 bits per heavy atom. The molecule has 3 rings (SSSR count). The molecular formula is C22H31NO4. The first-order valence-electron chi connectivity index (χ1n) is 10.0. The van der Waals surface area contributed by atoms with Crippen LogP contribution in [-0.4, -0.2) is 47.2 Å². The SMILES string of the molecule is C/C=C/[C@@H]1C=C[C@@H]2C[C@H](C)CC[C@H]2[C@]1(C)C(=O)[C@@H]1C(=O)[C@@H](CO)N(C)C1=O. The summed E-state index contributed by atoms with van der Waals surface area (Å²) >= 11 is 0. The van der Waals surface area contributed by atoms with E-state index in [9.17, 15) is 19.5 Å². The van der Waals surface area contributed by atoms with Gasteiger partial charge in [-0.05, 0) is 37.5 Å². The van der Waals surface area contributed by atoms with Crippen LogP contribution in [0.5, 0.6) is 0 Å². The number of ketones is 2. The quantitative estimate of drug-likeness (QED) is 0.606. The Morgan fingerprint density at radius 3 is 2.63 bits per heavy atom. The summed E-state index contributed by atoms with van der Waals surface area (Å²) in [7, 11) is 1.49. The van der Waals surface area contributed by atoms with Crippen molar-refractivity contribution in [3.63, 3.8) is 0 Å². The van der Waals surface area contributed by atoms with Crippen LogP contribution in [0.3, 0.4) is 0 Å². The fraction of sp³-hybridized carbons (Fsp3) is 0.682. The summed E-state index contributed by atoms with van der Waals surface area (Å²) in [4.78, 5) is 40.5. The molecule has 1 saturated heterocycles.